The van der Waals surface area contributed by atoms with Crippen LogP contribution in [0.25, 0.3) is 0 Å². The van der Waals surface area contributed by atoms with Crippen LogP contribution in [0.15, 0.2) is 34.3 Å². The Morgan fingerprint density at radius 3 is 1.28 bits per heavy atom. The van der Waals surface area contributed by atoms with Crippen molar-refractivity contribution < 1.29 is 39.0 Å². The number of carbonyl (C=O) groups excluding carboxylic acids is 6. The van der Waals surface area contributed by atoms with Gasteiger partial charge in [-0.3, -0.25) is 38.8 Å². The summed E-state index contributed by atoms with van der Waals surface area (Å²) in [6.45, 7) is 4.38. The maximum Gasteiger partial charge on any atom is 0.240 e. The van der Waals surface area contributed by atoms with E-state index in [1.54, 1.807) is 26.0 Å². The predicted molar refractivity (Wildman–Crippen MR) is 217 cm³/mol. The van der Waals surface area contributed by atoms with Crippen molar-refractivity contribution in [2.45, 2.75) is 63.7 Å². The molecule has 0 radical (unpaired) electrons. The Balaban J connectivity index is 1.68. The minimum Gasteiger partial charge on any atom is -0.507 e. The molecule has 58 heavy (non-hydrogen) atoms. The minimum atomic E-state index is -0.941. The van der Waals surface area contributed by atoms with E-state index in [0.29, 0.717) is 12.8 Å². The fraction of sp³-hybridized carbons (Fsp3) is 0.444. The topological polar surface area (TPSA) is 396 Å². The molecule has 0 saturated heterocycles. The lowest BCUT2D eigenvalue weighted by molar-refractivity contribution is -0.128. The van der Waals surface area contributed by atoms with Crippen LogP contribution in [0.3, 0.4) is 0 Å². The van der Waals surface area contributed by atoms with Crippen molar-refractivity contribution in [3.8, 4) is 11.5 Å². The van der Waals surface area contributed by atoms with Crippen molar-refractivity contribution >= 4 is 58.5 Å². The molecule has 22 heteroatoms. The third kappa shape index (κ3) is 12.7. The van der Waals surface area contributed by atoms with E-state index in [-0.39, 0.29) is 97.7 Å². The Bertz CT molecular complexity index is 1780. The molecule has 316 valence electrons. The van der Waals surface area contributed by atoms with Gasteiger partial charge >= 0.3 is 0 Å². The number of carbonyl (C=O) groups is 6. The summed E-state index contributed by atoms with van der Waals surface area (Å²) in [4.78, 5) is 85.0. The highest BCUT2D eigenvalue weighted by molar-refractivity contribution is 6.33. The molecule has 2 aromatic rings. The fourth-order valence-corrected chi connectivity index (χ4v) is 5.99. The monoisotopic (exact) mass is 810 g/mol. The lowest BCUT2D eigenvalue weighted by atomic mass is 9.81. The maximum absolute atomic E-state index is 13.9. The second-order valence-corrected chi connectivity index (χ2v) is 13.5. The Kier molecular flexibility index (Phi) is 17.0. The molecule has 0 saturated carbocycles. The van der Waals surface area contributed by atoms with Crippen molar-refractivity contribution in [2.75, 3.05) is 49.9 Å². The van der Waals surface area contributed by atoms with Crippen LogP contribution in [-0.4, -0.2) is 121 Å². The van der Waals surface area contributed by atoms with Crippen molar-refractivity contribution in [2.24, 2.45) is 44.4 Å². The van der Waals surface area contributed by atoms with E-state index < -0.39 is 70.9 Å². The Morgan fingerprint density at radius 1 is 0.586 bits per heavy atom. The molecule has 0 heterocycles. The molecule has 0 spiro atoms. The number of fused-ring (bicyclic) bond motifs is 2. The van der Waals surface area contributed by atoms with Gasteiger partial charge in [-0.25, -0.2) is 0 Å². The summed E-state index contributed by atoms with van der Waals surface area (Å²) >= 11 is 0. The second kappa shape index (κ2) is 21.6. The third-order valence-corrected chi connectivity index (χ3v) is 9.05. The molecule has 4 amide bonds. The molecule has 1 aliphatic carbocycles. The number of guanidine groups is 2. The number of primary amides is 2. The van der Waals surface area contributed by atoms with E-state index in [9.17, 15) is 39.0 Å². The van der Waals surface area contributed by atoms with Gasteiger partial charge in [-0.1, -0.05) is 0 Å². The van der Waals surface area contributed by atoms with Gasteiger partial charge in [-0.15, -0.1) is 0 Å². The van der Waals surface area contributed by atoms with Crippen LogP contribution in [0.1, 0.15) is 71.4 Å². The summed E-state index contributed by atoms with van der Waals surface area (Å²) in [6.07, 6.45) is 1.25. The first-order valence-corrected chi connectivity index (χ1v) is 18.5. The number of anilines is 2. The average molecular weight is 811 g/mol. The van der Waals surface area contributed by atoms with Crippen molar-refractivity contribution in [3.05, 3.63) is 46.5 Å². The molecule has 3 rings (SSSR count). The van der Waals surface area contributed by atoms with Gasteiger partial charge < -0.3 is 76.5 Å². The molecule has 22 nitrogen and oxygen atoms in total. The van der Waals surface area contributed by atoms with E-state index in [4.69, 9.17) is 34.4 Å². The molecule has 0 aromatic heterocycles. The number of aromatic hydroxyl groups is 2. The summed E-state index contributed by atoms with van der Waals surface area (Å²) in [7, 11) is 0. The van der Waals surface area contributed by atoms with E-state index >= 15 is 0 Å². The highest BCUT2D eigenvalue weighted by atomic mass is 16.3. The zero-order chi connectivity index (χ0) is 43.1. The molecule has 0 bridgehead atoms. The number of aliphatic imine (C=N–C) groups is 2. The van der Waals surface area contributed by atoms with Crippen LogP contribution < -0.4 is 66.3 Å². The quantitative estimate of drug-likeness (QED) is 0.0182. The first kappa shape index (κ1) is 45.7. The van der Waals surface area contributed by atoms with Crippen molar-refractivity contribution in [1.29, 1.82) is 0 Å². The number of rotatable bonds is 24. The summed E-state index contributed by atoms with van der Waals surface area (Å²) in [5.74, 6) is -4.99. The number of nitrogens with one attached hydrogen (secondary N) is 6. The smallest absolute Gasteiger partial charge is 0.240 e. The molecule has 2 aromatic carbocycles. The Morgan fingerprint density at radius 2 is 0.948 bits per heavy atom. The first-order chi connectivity index (χ1) is 27.4. The number of phenolic OH excluding ortho intramolecular Hbond substituents is 2. The molecule has 0 unspecified atom stereocenters. The number of hydrogen-bond acceptors (Lipinski definition) is 14. The van der Waals surface area contributed by atoms with Gasteiger partial charge in [-0.05, 0) is 63.8 Å². The number of ketones is 2. The molecule has 0 fully saturated rings. The van der Waals surface area contributed by atoms with Gasteiger partial charge in [0.25, 0.3) is 0 Å². The number of phenols is 2. The molecule has 1 aliphatic rings. The van der Waals surface area contributed by atoms with Crippen LogP contribution in [-0.2, 0) is 19.2 Å². The highest BCUT2D eigenvalue weighted by Crippen LogP contribution is 2.42. The minimum absolute atomic E-state index is 0.0581. The molecular weight excluding hydrogens is 756 g/mol. The van der Waals surface area contributed by atoms with Gasteiger partial charge in [0.2, 0.25) is 35.2 Å². The summed E-state index contributed by atoms with van der Waals surface area (Å²) in [5.41, 5.74) is 31.8. The lowest BCUT2D eigenvalue weighted by Crippen LogP contribution is -2.51. The van der Waals surface area contributed by atoms with Crippen LogP contribution in [0.2, 0.25) is 0 Å². The number of benzene rings is 2. The van der Waals surface area contributed by atoms with E-state index in [0.717, 1.165) is 12.1 Å². The average Bonchev–Trinajstić information content (AvgIpc) is 3.16. The normalized spacial score (nSPS) is 13.8. The van der Waals surface area contributed by atoms with Crippen LogP contribution in [0, 0.1) is 0 Å². The summed E-state index contributed by atoms with van der Waals surface area (Å²) < 4.78 is 0. The SMILES string of the molecule is C[C@H](NCCNc1ccc(NCCN[C@@H](C)C(=O)N[C@@H](CCCN=C(N)N)C(N)=O)c2c1C(=O)c1c(O)ccc(O)c1C2=O)C(=O)N[C@@H](CCCN=C(N)N)C(N)=O. The number of nitrogens with zero attached hydrogens (tertiary/aromatic N) is 2. The van der Waals surface area contributed by atoms with Crippen LogP contribution in [0.5, 0.6) is 11.5 Å². The molecular formula is C36H54N14O8. The van der Waals surface area contributed by atoms with Gasteiger partial charge in [0.05, 0.1) is 34.3 Å². The number of nitrogens with two attached hydrogens (primary N) is 6. The number of amides is 4. The van der Waals surface area contributed by atoms with Crippen molar-refractivity contribution in [3.63, 3.8) is 0 Å². The highest BCUT2D eigenvalue weighted by Gasteiger charge is 2.38. The van der Waals surface area contributed by atoms with E-state index in [2.05, 4.69) is 41.9 Å². The lowest BCUT2D eigenvalue weighted by Gasteiger charge is -2.25. The van der Waals surface area contributed by atoms with E-state index in [1.807, 2.05) is 0 Å². The molecule has 4 atom stereocenters. The zero-order valence-corrected chi connectivity index (χ0v) is 32.4. The fourth-order valence-electron chi connectivity index (χ4n) is 5.99. The summed E-state index contributed by atoms with van der Waals surface area (Å²) in [6, 6.07) is 1.96. The summed E-state index contributed by atoms with van der Waals surface area (Å²) in [5, 5.41) is 38.6. The van der Waals surface area contributed by atoms with Gasteiger partial charge in [0.15, 0.2) is 11.9 Å². The zero-order valence-electron chi connectivity index (χ0n) is 32.4. The Labute approximate surface area is 334 Å². The Hall–Kier alpha value is -6.68. The van der Waals surface area contributed by atoms with E-state index in [1.165, 1.54) is 0 Å². The van der Waals surface area contributed by atoms with Gasteiger partial charge in [-0.2, -0.15) is 0 Å². The standard InChI is InChI=1S/C36H54N14O8/c1-17(33(57)49-21(31(37)55)5-3-11-47-35(39)40)43-13-15-45-19-7-8-20(26-25(19)29(53)27-23(51)9-10-24(52)28(27)30(26)54)46-16-14-44-18(2)34(58)50-22(32(38)56)6-4-12-48-36(41)42/h7-10,17-18,21-22,43-46,51-52H,3-6,11-16H2,1-2H3,(H2,37,55)(H2,38,56)(H,49,57)(H,50,58)(H4,39,40,47)(H4,41,42,48)/t17-,18-,21-,22-/m0/s1. The molecule has 20 N–H and O–H groups in total. The molecule has 0 aliphatic heterocycles. The first-order valence-electron chi connectivity index (χ1n) is 18.5. The number of hydrogen-bond donors (Lipinski definition) is 14. The maximum atomic E-state index is 13.9. The van der Waals surface area contributed by atoms with Gasteiger partial charge in [0, 0.05) is 50.6 Å². The van der Waals surface area contributed by atoms with Crippen LogP contribution in [0.4, 0.5) is 11.4 Å². The second-order valence-electron chi connectivity index (χ2n) is 13.5. The van der Waals surface area contributed by atoms with Crippen LogP contribution >= 0.6 is 0 Å². The third-order valence-electron chi connectivity index (χ3n) is 9.05. The van der Waals surface area contributed by atoms with Crippen molar-refractivity contribution in [1.82, 2.24) is 21.3 Å². The largest absolute Gasteiger partial charge is 0.507 e. The predicted octanol–water partition coefficient (Wildman–Crippen LogP) is -3.30. The van der Waals surface area contributed by atoms with Gasteiger partial charge in [0.1, 0.15) is 23.6 Å².